The first-order valence-electron chi connectivity index (χ1n) is 10.1. The van der Waals surface area contributed by atoms with Crippen LogP contribution in [-0.2, 0) is 11.2 Å². The van der Waals surface area contributed by atoms with Gasteiger partial charge in [0.1, 0.15) is 5.82 Å². The van der Waals surface area contributed by atoms with E-state index < -0.39 is 0 Å². The van der Waals surface area contributed by atoms with Crippen LogP contribution >= 0.6 is 0 Å². The lowest BCUT2D eigenvalue weighted by Gasteiger charge is -2.56. The third-order valence-electron chi connectivity index (χ3n) is 6.70. The second-order valence-corrected chi connectivity index (χ2v) is 8.84. The van der Waals surface area contributed by atoms with Gasteiger partial charge in [0.25, 0.3) is 0 Å². The van der Waals surface area contributed by atoms with Crippen LogP contribution in [0, 0.1) is 23.6 Å². The Labute approximate surface area is 158 Å². The summed E-state index contributed by atoms with van der Waals surface area (Å²) in [4.78, 5) is 16.8. The largest absolute Gasteiger partial charge is 0.441 e. The van der Waals surface area contributed by atoms with E-state index in [1.807, 2.05) is 0 Å². The number of hydrogen-bond donors (Lipinski definition) is 1. The molecule has 0 unspecified atom stereocenters. The molecule has 27 heavy (non-hydrogen) atoms. The molecule has 4 nitrogen and oxygen atoms in total. The zero-order chi connectivity index (χ0) is 18.4. The molecule has 4 fully saturated rings. The van der Waals surface area contributed by atoms with Crippen LogP contribution in [0.3, 0.4) is 0 Å². The molecular formula is C22H25FN2O2. The smallest absolute Gasteiger partial charge is 0.220 e. The number of oxazole rings is 1. The molecular weight excluding hydrogens is 343 g/mol. The fourth-order valence-corrected chi connectivity index (χ4v) is 6.05. The molecule has 1 aromatic heterocycles. The number of rotatable bonds is 5. The molecule has 0 atom stereocenters. The summed E-state index contributed by atoms with van der Waals surface area (Å²) in [5.74, 6) is 3.07. The lowest BCUT2D eigenvalue weighted by molar-refractivity contribution is -0.126. The van der Waals surface area contributed by atoms with Crippen molar-refractivity contribution in [2.24, 2.45) is 17.8 Å². The van der Waals surface area contributed by atoms with Crippen molar-refractivity contribution < 1.29 is 13.6 Å². The van der Waals surface area contributed by atoms with Gasteiger partial charge in [-0.3, -0.25) is 4.79 Å². The molecule has 0 saturated heterocycles. The van der Waals surface area contributed by atoms with Gasteiger partial charge >= 0.3 is 0 Å². The van der Waals surface area contributed by atoms with Crippen LogP contribution in [0.4, 0.5) is 4.39 Å². The summed E-state index contributed by atoms with van der Waals surface area (Å²) in [5.41, 5.74) is 0.440. The van der Waals surface area contributed by atoms with Gasteiger partial charge in [-0.25, -0.2) is 9.37 Å². The molecule has 142 valence electrons. The number of nitrogens with zero attached hydrogens (tertiary/aromatic N) is 1. The number of carbonyl (C=O) groups is 1. The highest BCUT2D eigenvalue weighted by molar-refractivity contribution is 5.77. The fraction of sp³-hybridized carbons (Fsp3) is 0.545. The number of carbonyl (C=O) groups excluding carboxylic acids is 1. The highest BCUT2D eigenvalue weighted by Gasteiger charge is 2.51. The van der Waals surface area contributed by atoms with Crippen molar-refractivity contribution in [2.75, 3.05) is 0 Å². The summed E-state index contributed by atoms with van der Waals surface area (Å²) < 4.78 is 19.5. The summed E-state index contributed by atoms with van der Waals surface area (Å²) in [6.07, 6.45) is 9.89. The Hall–Kier alpha value is -2.17. The summed E-state index contributed by atoms with van der Waals surface area (Å²) in [7, 11) is 0. The van der Waals surface area contributed by atoms with Crippen molar-refractivity contribution in [1.82, 2.24) is 10.3 Å². The normalized spacial score (nSPS) is 31.2. The maximum absolute atomic E-state index is 13.9. The molecule has 1 N–H and O–H groups in total. The highest BCUT2D eigenvalue weighted by atomic mass is 19.1. The van der Waals surface area contributed by atoms with E-state index in [9.17, 15) is 9.18 Å². The Morgan fingerprint density at radius 3 is 2.48 bits per heavy atom. The van der Waals surface area contributed by atoms with Crippen molar-refractivity contribution >= 4 is 5.91 Å². The molecule has 5 heteroatoms. The number of aryl methyl sites for hydroxylation is 1. The van der Waals surface area contributed by atoms with Crippen LogP contribution in [0.15, 0.2) is 34.9 Å². The Bertz CT molecular complexity index is 824. The molecule has 6 rings (SSSR count). The Morgan fingerprint density at radius 2 is 1.81 bits per heavy atom. The Kier molecular flexibility index (Phi) is 4.06. The summed E-state index contributed by atoms with van der Waals surface area (Å²) in [5, 5.41) is 3.37. The standard InChI is InChI=1S/C22H25FN2O2/c23-18-4-2-1-3-17(18)19-13-24-21(27-19)6-5-20(26)25-22-10-14-7-15(11-22)9-16(8-14)12-22/h1-4,13-16H,5-12H2,(H,25,26). The monoisotopic (exact) mass is 368 g/mol. The number of amides is 1. The minimum atomic E-state index is -0.334. The molecule has 0 spiro atoms. The van der Waals surface area contributed by atoms with Crippen molar-refractivity contribution in [2.45, 2.75) is 56.9 Å². The quantitative estimate of drug-likeness (QED) is 0.845. The third-order valence-corrected chi connectivity index (χ3v) is 6.70. The van der Waals surface area contributed by atoms with E-state index in [4.69, 9.17) is 4.42 Å². The molecule has 4 saturated carbocycles. The zero-order valence-corrected chi connectivity index (χ0v) is 15.4. The number of nitrogens with one attached hydrogen (secondary N) is 1. The molecule has 1 aromatic carbocycles. The summed E-state index contributed by atoms with van der Waals surface area (Å²) >= 11 is 0. The average Bonchev–Trinajstić information content (AvgIpc) is 3.07. The lowest BCUT2D eigenvalue weighted by Crippen LogP contribution is -2.59. The number of aromatic nitrogens is 1. The van der Waals surface area contributed by atoms with Gasteiger partial charge in [0.15, 0.2) is 11.7 Å². The minimum absolute atomic E-state index is 0.0424. The van der Waals surface area contributed by atoms with E-state index in [1.54, 1.807) is 18.2 Å². The van der Waals surface area contributed by atoms with E-state index in [1.165, 1.54) is 31.5 Å². The van der Waals surface area contributed by atoms with E-state index in [0.29, 0.717) is 30.1 Å². The molecule has 4 aliphatic carbocycles. The molecule has 1 amide bonds. The Morgan fingerprint density at radius 1 is 1.15 bits per heavy atom. The van der Waals surface area contributed by atoms with Crippen LogP contribution in [0.1, 0.15) is 50.8 Å². The number of halogens is 1. The highest BCUT2D eigenvalue weighted by Crippen LogP contribution is 2.55. The summed E-state index contributed by atoms with van der Waals surface area (Å²) in [6.45, 7) is 0. The second-order valence-electron chi connectivity index (χ2n) is 8.84. The topological polar surface area (TPSA) is 55.1 Å². The first kappa shape index (κ1) is 17.0. The number of hydrogen-bond acceptors (Lipinski definition) is 3. The third kappa shape index (κ3) is 3.28. The fourth-order valence-electron chi connectivity index (χ4n) is 6.05. The van der Waals surface area contributed by atoms with Crippen molar-refractivity contribution in [3.05, 3.63) is 42.2 Å². The zero-order valence-electron chi connectivity index (χ0n) is 15.4. The maximum atomic E-state index is 13.9. The van der Waals surface area contributed by atoms with Gasteiger partial charge < -0.3 is 9.73 Å². The van der Waals surface area contributed by atoms with Gasteiger partial charge in [0.05, 0.1) is 11.8 Å². The van der Waals surface area contributed by atoms with Crippen molar-refractivity contribution in [1.29, 1.82) is 0 Å². The van der Waals surface area contributed by atoms with E-state index in [2.05, 4.69) is 10.3 Å². The molecule has 1 heterocycles. The van der Waals surface area contributed by atoms with Gasteiger partial charge in [-0.15, -0.1) is 0 Å². The average molecular weight is 368 g/mol. The molecule has 2 aromatic rings. The van der Waals surface area contributed by atoms with Gasteiger partial charge in [-0.1, -0.05) is 12.1 Å². The minimum Gasteiger partial charge on any atom is -0.441 e. The van der Waals surface area contributed by atoms with Crippen LogP contribution in [0.25, 0.3) is 11.3 Å². The first-order valence-corrected chi connectivity index (χ1v) is 10.1. The molecule has 0 aliphatic heterocycles. The van der Waals surface area contributed by atoms with Crippen LogP contribution < -0.4 is 5.32 Å². The van der Waals surface area contributed by atoms with Gasteiger partial charge in [-0.05, 0) is 68.4 Å². The first-order chi connectivity index (χ1) is 13.1. The lowest BCUT2D eigenvalue weighted by atomic mass is 9.53. The van der Waals surface area contributed by atoms with Crippen LogP contribution in [0.2, 0.25) is 0 Å². The Balaban J connectivity index is 1.20. The SMILES string of the molecule is O=C(CCc1ncc(-c2ccccc2F)o1)NC12CC3CC(CC(C3)C1)C2. The van der Waals surface area contributed by atoms with E-state index in [-0.39, 0.29) is 17.3 Å². The van der Waals surface area contributed by atoms with Crippen molar-refractivity contribution in [3.8, 4) is 11.3 Å². The maximum Gasteiger partial charge on any atom is 0.220 e. The molecule has 4 bridgehead atoms. The second kappa shape index (κ2) is 6.47. The van der Waals surface area contributed by atoms with Gasteiger partial charge in [0, 0.05) is 18.4 Å². The molecule has 4 aliphatic rings. The molecule has 0 radical (unpaired) electrons. The van der Waals surface area contributed by atoms with E-state index in [0.717, 1.165) is 37.0 Å². The predicted molar refractivity (Wildman–Crippen MR) is 99.3 cm³/mol. The number of benzene rings is 1. The van der Waals surface area contributed by atoms with Crippen LogP contribution in [-0.4, -0.2) is 16.4 Å². The summed E-state index contributed by atoms with van der Waals surface area (Å²) in [6, 6.07) is 6.47. The van der Waals surface area contributed by atoms with E-state index >= 15 is 0 Å². The van der Waals surface area contributed by atoms with Gasteiger partial charge in [0.2, 0.25) is 5.91 Å². The van der Waals surface area contributed by atoms with Gasteiger partial charge in [-0.2, -0.15) is 0 Å². The van der Waals surface area contributed by atoms with Crippen LogP contribution in [0.5, 0.6) is 0 Å². The van der Waals surface area contributed by atoms with Crippen molar-refractivity contribution in [3.63, 3.8) is 0 Å². The predicted octanol–water partition coefficient (Wildman–Crippen LogP) is 4.50.